The van der Waals surface area contributed by atoms with Crippen molar-refractivity contribution in [3.63, 3.8) is 0 Å². The predicted octanol–water partition coefficient (Wildman–Crippen LogP) is 3.56. The van der Waals surface area contributed by atoms with Gasteiger partial charge in [0.25, 0.3) is 5.89 Å². The molecule has 1 aliphatic heterocycles. The molecule has 0 spiro atoms. The van der Waals surface area contributed by atoms with Gasteiger partial charge in [0.1, 0.15) is 5.82 Å². The molecular formula is C19H22FN3O2. The van der Waals surface area contributed by atoms with E-state index in [1.165, 1.54) is 25.0 Å². The van der Waals surface area contributed by atoms with Crippen molar-refractivity contribution in [3.05, 3.63) is 35.9 Å². The molecule has 25 heavy (non-hydrogen) atoms. The lowest BCUT2D eigenvalue weighted by Gasteiger charge is -2.38. The molecule has 1 atom stereocenters. The molecule has 1 unspecified atom stereocenters. The van der Waals surface area contributed by atoms with E-state index in [-0.39, 0.29) is 17.1 Å². The Bertz CT molecular complexity index is 769. The van der Waals surface area contributed by atoms with Gasteiger partial charge in [0, 0.05) is 30.5 Å². The number of likely N-dealkylation sites (tertiary alicyclic amines) is 1. The van der Waals surface area contributed by atoms with Crippen LogP contribution in [-0.2, 0) is 10.2 Å². The van der Waals surface area contributed by atoms with E-state index in [1.807, 2.05) is 4.90 Å². The summed E-state index contributed by atoms with van der Waals surface area (Å²) in [5, 5.41) is 4.16. The van der Waals surface area contributed by atoms with Crippen LogP contribution in [-0.4, -0.2) is 34.0 Å². The zero-order chi connectivity index (χ0) is 17.4. The van der Waals surface area contributed by atoms with Crippen LogP contribution in [0.25, 0.3) is 11.5 Å². The zero-order valence-electron chi connectivity index (χ0n) is 14.4. The topological polar surface area (TPSA) is 59.2 Å². The molecule has 2 aromatic rings. The molecule has 2 heterocycles. The summed E-state index contributed by atoms with van der Waals surface area (Å²) in [6.07, 6.45) is 4.89. The van der Waals surface area contributed by atoms with E-state index in [2.05, 4.69) is 17.1 Å². The number of aromatic nitrogens is 2. The van der Waals surface area contributed by atoms with Gasteiger partial charge in [-0.3, -0.25) is 4.79 Å². The highest BCUT2D eigenvalue weighted by atomic mass is 19.1. The van der Waals surface area contributed by atoms with Crippen molar-refractivity contribution in [1.29, 1.82) is 0 Å². The fourth-order valence-electron chi connectivity index (χ4n) is 3.51. The van der Waals surface area contributed by atoms with E-state index in [4.69, 9.17) is 4.52 Å². The lowest BCUT2D eigenvalue weighted by atomic mass is 9.81. The highest BCUT2D eigenvalue weighted by Gasteiger charge is 2.39. The Labute approximate surface area is 146 Å². The number of piperidine rings is 1. The van der Waals surface area contributed by atoms with Gasteiger partial charge < -0.3 is 9.42 Å². The Kier molecular flexibility index (Phi) is 4.06. The third-order valence-electron chi connectivity index (χ3n) is 5.27. The molecule has 1 saturated heterocycles. The molecular weight excluding hydrogens is 321 g/mol. The van der Waals surface area contributed by atoms with Crippen LogP contribution in [0.4, 0.5) is 4.39 Å². The third-order valence-corrected chi connectivity index (χ3v) is 5.27. The molecule has 0 N–H and O–H groups in total. The SMILES string of the molecule is CC1(c2noc(-c3ccc(F)cc3)n2)CCCN(C(=O)CC2CC2)C1. The molecule has 1 aliphatic carbocycles. The molecule has 1 aromatic heterocycles. The minimum Gasteiger partial charge on any atom is -0.342 e. The first-order valence-corrected chi connectivity index (χ1v) is 8.91. The molecule has 1 amide bonds. The Morgan fingerprint density at radius 1 is 1.36 bits per heavy atom. The lowest BCUT2D eigenvalue weighted by molar-refractivity contribution is -0.133. The number of carbonyl (C=O) groups excluding carboxylic acids is 1. The van der Waals surface area contributed by atoms with Gasteiger partial charge in [-0.2, -0.15) is 4.98 Å². The van der Waals surface area contributed by atoms with Crippen molar-refractivity contribution in [3.8, 4) is 11.5 Å². The Balaban J connectivity index is 1.51. The lowest BCUT2D eigenvalue weighted by Crippen LogP contribution is -2.47. The first kappa shape index (κ1) is 16.2. The van der Waals surface area contributed by atoms with E-state index in [0.717, 1.165) is 19.4 Å². The monoisotopic (exact) mass is 343 g/mol. The highest BCUT2D eigenvalue weighted by molar-refractivity contribution is 5.77. The normalized spacial score (nSPS) is 23.7. The summed E-state index contributed by atoms with van der Waals surface area (Å²) >= 11 is 0. The van der Waals surface area contributed by atoms with Crippen molar-refractivity contribution in [2.24, 2.45) is 5.92 Å². The summed E-state index contributed by atoms with van der Waals surface area (Å²) in [5.74, 6) is 1.55. The van der Waals surface area contributed by atoms with Crippen LogP contribution < -0.4 is 0 Å². The van der Waals surface area contributed by atoms with E-state index >= 15 is 0 Å². The molecule has 5 nitrogen and oxygen atoms in total. The van der Waals surface area contributed by atoms with Crippen molar-refractivity contribution >= 4 is 5.91 Å². The summed E-state index contributed by atoms with van der Waals surface area (Å²) in [4.78, 5) is 18.9. The molecule has 132 valence electrons. The average Bonchev–Trinajstić information content (AvgIpc) is 3.27. The van der Waals surface area contributed by atoms with Gasteiger partial charge in [-0.1, -0.05) is 12.1 Å². The van der Waals surface area contributed by atoms with Crippen LogP contribution in [0.2, 0.25) is 0 Å². The van der Waals surface area contributed by atoms with Gasteiger partial charge in [0.15, 0.2) is 5.82 Å². The zero-order valence-corrected chi connectivity index (χ0v) is 14.4. The maximum absolute atomic E-state index is 13.1. The van der Waals surface area contributed by atoms with Gasteiger partial charge in [-0.05, 0) is 55.9 Å². The smallest absolute Gasteiger partial charge is 0.257 e. The number of hydrogen-bond donors (Lipinski definition) is 0. The number of amides is 1. The summed E-state index contributed by atoms with van der Waals surface area (Å²) in [6, 6.07) is 6.00. The molecule has 4 rings (SSSR count). The van der Waals surface area contributed by atoms with Gasteiger partial charge in [-0.15, -0.1) is 0 Å². The molecule has 0 bridgehead atoms. The minimum absolute atomic E-state index is 0.246. The first-order valence-electron chi connectivity index (χ1n) is 8.91. The maximum Gasteiger partial charge on any atom is 0.257 e. The Hall–Kier alpha value is -2.24. The fraction of sp³-hybridized carbons (Fsp3) is 0.526. The number of halogens is 1. The quantitative estimate of drug-likeness (QED) is 0.852. The molecule has 2 fully saturated rings. The van der Waals surface area contributed by atoms with Crippen LogP contribution in [0.3, 0.4) is 0 Å². The van der Waals surface area contributed by atoms with Crippen molar-refractivity contribution in [2.75, 3.05) is 13.1 Å². The number of benzene rings is 1. The van der Waals surface area contributed by atoms with Crippen LogP contribution in [0, 0.1) is 11.7 Å². The number of carbonyl (C=O) groups is 1. The molecule has 1 saturated carbocycles. The van der Waals surface area contributed by atoms with Crippen LogP contribution in [0.1, 0.15) is 44.9 Å². The number of rotatable bonds is 4. The van der Waals surface area contributed by atoms with Crippen molar-refractivity contribution in [1.82, 2.24) is 15.0 Å². The van der Waals surface area contributed by atoms with Gasteiger partial charge in [0.2, 0.25) is 5.91 Å². The largest absolute Gasteiger partial charge is 0.342 e. The van der Waals surface area contributed by atoms with E-state index in [1.54, 1.807) is 12.1 Å². The van der Waals surface area contributed by atoms with Crippen LogP contribution in [0.5, 0.6) is 0 Å². The molecule has 6 heteroatoms. The highest BCUT2D eigenvalue weighted by Crippen LogP contribution is 2.36. The second-order valence-corrected chi connectivity index (χ2v) is 7.56. The van der Waals surface area contributed by atoms with E-state index < -0.39 is 0 Å². The van der Waals surface area contributed by atoms with E-state index in [9.17, 15) is 9.18 Å². The minimum atomic E-state index is -0.306. The Morgan fingerprint density at radius 2 is 2.12 bits per heavy atom. The van der Waals surface area contributed by atoms with Crippen LogP contribution in [0.15, 0.2) is 28.8 Å². The standard InChI is InChI=1S/C19H22FN3O2/c1-19(9-2-10-23(12-19)16(24)11-13-3-4-13)18-21-17(25-22-18)14-5-7-15(20)8-6-14/h5-8,13H,2-4,9-12H2,1H3. The number of nitrogens with zero attached hydrogens (tertiary/aromatic N) is 3. The van der Waals surface area contributed by atoms with Crippen LogP contribution >= 0.6 is 0 Å². The maximum atomic E-state index is 13.1. The van der Waals surface area contributed by atoms with Crippen molar-refractivity contribution < 1.29 is 13.7 Å². The molecule has 0 radical (unpaired) electrons. The second kappa shape index (κ2) is 6.24. The number of hydrogen-bond acceptors (Lipinski definition) is 4. The molecule has 2 aliphatic rings. The summed E-state index contributed by atoms with van der Waals surface area (Å²) in [7, 11) is 0. The summed E-state index contributed by atoms with van der Waals surface area (Å²) in [6.45, 7) is 3.52. The van der Waals surface area contributed by atoms with Gasteiger partial charge in [0.05, 0.1) is 0 Å². The molecule has 1 aromatic carbocycles. The third kappa shape index (κ3) is 3.43. The summed E-state index contributed by atoms with van der Waals surface area (Å²) < 4.78 is 18.5. The van der Waals surface area contributed by atoms with Crippen molar-refractivity contribution in [2.45, 2.75) is 44.4 Å². The van der Waals surface area contributed by atoms with Gasteiger partial charge in [-0.25, -0.2) is 4.39 Å². The average molecular weight is 343 g/mol. The summed E-state index contributed by atoms with van der Waals surface area (Å²) in [5.41, 5.74) is 0.389. The predicted molar refractivity (Wildman–Crippen MR) is 90.2 cm³/mol. The first-order chi connectivity index (χ1) is 12.0. The Morgan fingerprint density at radius 3 is 2.84 bits per heavy atom. The second-order valence-electron chi connectivity index (χ2n) is 7.56. The fourth-order valence-corrected chi connectivity index (χ4v) is 3.51. The van der Waals surface area contributed by atoms with Gasteiger partial charge >= 0.3 is 0 Å². The van der Waals surface area contributed by atoms with E-state index in [0.29, 0.717) is 36.2 Å².